The van der Waals surface area contributed by atoms with Gasteiger partial charge in [-0.1, -0.05) is 60.7 Å². The Morgan fingerprint density at radius 2 is 0.757 bits per heavy atom. The standard InChI is InChI=1S/C51H35F12N3O4/c1-32-7-16-42(29-33(32)31-64)69-40-21-12-36(13-22-40)46(48(52,53)54,49(55,56)57)34-8-17-38(18-9-34)67-27-5-4-6-28-68-39-19-10-35(11-20-39)47(50(58,59)60,51(61,62)63)37-14-23-41(24-15-37)70-43-25-26-44(65-2)45(30-43)66-3/h7-26,29-30H,4-6,27-28H2,1H3. The zero-order valence-corrected chi connectivity index (χ0v) is 36.2. The van der Waals surface area contributed by atoms with E-state index in [0.29, 0.717) is 73.4 Å². The van der Waals surface area contributed by atoms with Crippen LogP contribution in [0.25, 0.3) is 9.69 Å². The van der Waals surface area contributed by atoms with Crippen LogP contribution >= 0.6 is 0 Å². The quantitative estimate of drug-likeness (QED) is 0.0549. The van der Waals surface area contributed by atoms with Gasteiger partial charge in [-0.2, -0.15) is 57.9 Å². The number of nitrogens with zero attached hydrogens (tertiary/aromatic N) is 3. The second-order valence-corrected chi connectivity index (χ2v) is 15.5. The second kappa shape index (κ2) is 20.4. The maximum Gasteiger partial charge on any atom is 0.411 e. The van der Waals surface area contributed by atoms with E-state index in [2.05, 4.69) is 9.69 Å². The largest absolute Gasteiger partial charge is 0.494 e. The van der Waals surface area contributed by atoms with Crippen molar-refractivity contribution in [3.05, 3.63) is 190 Å². The van der Waals surface area contributed by atoms with Gasteiger partial charge >= 0.3 is 24.7 Å². The van der Waals surface area contributed by atoms with E-state index in [4.69, 9.17) is 32.1 Å². The highest BCUT2D eigenvalue weighted by Gasteiger charge is 2.73. The third kappa shape index (κ3) is 10.4. The van der Waals surface area contributed by atoms with Crippen molar-refractivity contribution in [2.75, 3.05) is 13.2 Å². The summed E-state index contributed by atoms with van der Waals surface area (Å²) >= 11 is 0. The maximum absolute atomic E-state index is 14.8. The second-order valence-electron chi connectivity index (χ2n) is 15.5. The van der Waals surface area contributed by atoms with Crippen LogP contribution in [0.4, 0.5) is 64.1 Å². The van der Waals surface area contributed by atoms with E-state index in [9.17, 15) is 57.9 Å². The normalized spacial score (nSPS) is 12.3. The minimum atomic E-state index is -5.88. The minimum Gasteiger partial charge on any atom is -0.494 e. The van der Waals surface area contributed by atoms with Crippen molar-refractivity contribution in [1.29, 1.82) is 5.26 Å². The molecule has 0 radical (unpaired) electrons. The van der Waals surface area contributed by atoms with E-state index in [1.54, 1.807) is 13.0 Å². The predicted octanol–water partition coefficient (Wildman–Crippen LogP) is 16.0. The van der Waals surface area contributed by atoms with Crippen molar-refractivity contribution in [2.24, 2.45) is 0 Å². The number of alkyl halides is 12. The number of rotatable bonds is 16. The fourth-order valence-electron chi connectivity index (χ4n) is 7.68. The Bertz CT molecular complexity index is 2860. The summed E-state index contributed by atoms with van der Waals surface area (Å²) in [7, 11) is 0. The SMILES string of the molecule is [C-]#[N+]c1ccc(Oc2ccc(C(c3ccc(OCCCCCOc4ccc(C(c5ccc(Oc6ccc(C)c(C#N)c6)cc5)(C(F)(F)F)C(F)(F)F)cc4)cc3)(C(F)(F)F)C(F)(F)F)cc2)cc1[N+]#[C-]. The summed E-state index contributed by atoms with van der Waals surface area (Å²) in [6.45, 7) is 15.9. The number of ether oxygens (including phenoxy) is 4. The van der Waals surface area contributed by atoms with Crippen LogP contribution in [0, 0.1) is 31.4 Å². The summed E-state index contributed by atoms with van der Waals surface area (Å²) in [5, 5.41) is 9.26. The van der Waals surface area contributed by atoms with E-state index in [0.717, 1.165) is 48.5 Å². The number of benzene rings is 6. The molecule has 0 spiro atoms. The summed E-state index contributed by atoms with van der Waals surface area (Å²) in [4.78, 5) is 6.38. The molecule has 70 heavy (non-hydrogen) atoms. The molecule has 6 aromatic rings. The number of unbranched alkanes of at least 4 members (excludes halogenated alkanes) is 2. The Balaban J connectivity index is 1.06. The molecule has 0 bridgehead atoms. The number of aryl methyl sites for hydroxylation is 1. The highest BCUT2D eigenvalue weighted by atomic mass is 19.4. The van der Waals surface area contributed by atoms with Gasteiger partial charge in [-0.05, 0) is 127 Å². The predicted molar refractivity (Wildman–Crippen MR) is 231 cm³/mol. The molecule has 0 saturated heterocycles. The number of hydrogen-bond acceptors (Lipinski definition) is 5. The topological polar surface area (TPSA) is 69.4 Å². The third-order valence-electron chi connectivity index (χ3n) is 11.2. The molecule has 0 aliphatic carbocycles. The van der Waals surface area contributed by atoms with Crippen molar-refractivity contribution in [3.63, 3.8) is 0 Å². The Kier molecular flexibility index (Phi) is 15.0. The van der Waals surface area contributed by atoms with Gasteiger partial charge in [-0.25, -0.2) is 4.85 Å². The van der Waals surface area contributed by atoms with Crippen molar-refractivity contribution in [2.45, 2.75) is 61.7 Å². The van der Waals surface area contributed by atoms with Crippen LogP contribution in [-0.2, 0) is 10.8 Å². The Labute approximate surface area is 392 Å². The van der Waals surface area contributed by atoms with Crippen LogP contribution in [0.1, 0.15) is 52.6 Å². The third-order valence-corrected chi connectivity index (χ3v) is 11.2. The molecular formula is C51H35F12N3O4. The first kappa shape index (κ1) is 51.5. The van der Waals surface area contributed by atoms with Gasteiger partial charge in [-0.15, -0.1) is 0 Å². The van der Waals surface area contributed by atoms with Crippen molar-refractivity contribution in [1.82, 2.24) is 0 Å². The summed E-state index contributed by atoms with van der Waals surface area (Å²) in [5.41, 5.74) is -12.6. The van der Waals surface area contributed by atoms with Crippen LogP contribution in [0.3, 0.4) is 0 Å². The van der Waals surface area contributed by atoms with Gasteiger partial charge in [0, 0.05) is 0 Å². The van der Waals surface area contributed by atoms with Crippen LogP contribution in [0.5, 0.6) is 34.5 Å². The molecule has 0 amide bonds. The maximum atomic E-state index is 14.8. The van der Waals surface area contributed by atoms with E-state index in [-0.39, 0.29) is 64.6 Å². The highest BCUT2D eigenvalue weighted by molar-refractivity contribution is 5.72. The van der Waals surface area contributed by atoms with E-state index < -0.39 is 57.8 Å². The minimum absolute atomic E-state index is 0.0228. The molecule has 0 aliphatic rings. The molecule has 19 heteroatoms. The monoisotopic (exact) mass is 981 g/mol. The fourth-order valence-corrected chi connectivity index (χ4v) is 7.68. The average Bonchev–Trinajstić information content (AvgIpc) is 3.30. The molecule has 0 aromatic heterocycles. The summed E-state index contributed by atoms with van der Waals surface area (Å²) in [6.07, 6.45) is -22.5. The number of nitriles is 1. The first-order valence-electron chi connectivity index (χ1n) is 20.7. The highest BCUT2D eigenvalue weighted by Crippen LogP contribution is 2.58. The first-order valence-corrected chi connectivity index (χ1v) is 20.7. The molecule has 0 heterocycles. The lowest BCUT2D eigenvalue weighted by Gasteiger charge is -2.38. The first-order chi connectivity index (χ1) is 33.0. The van der Waals surface area contributed by atoms with E-state index in [1.165, 1.54) is 30.3 Å². The van der Waals surface area contributed by atoms with Gasteiger partial charge in [-0.3, -0.25) is 4.85 Å². The molecule has 7 nitrogen and oxygen atoms in total. The fraction of sp³-hybridized carbons (Fsp3) is 0.235. The lowest BCUT2D eigenvalue weighted by atomic mass is 9.73. The molecule has 0 aliphatic heterocycles. The summed E-state index contributed by atoms with van der Waals surface area (Å²) in [5.74, 6) is -0.117. The molecule has 6 aromatic carbocycles. The van der Waals surface area contributed by atoms with E-state index >= 15 is 0 Å². The zero-order chi connectivity index (χ0) is 51.1. The van der Waals surface area contributed by atoms with Crippen molar-refractivity contribution in [3.8, 4) is 40.6 Å². The Hall–Kier alpha value is -7.85. The van der Waals surface area contributed by atoms with Crippen molar-refractivity contribution < 1.29 is 71.6 Å². The molecule has 0 fully saturated rings. The van der Waals surface area contributed by atoms with Crippen LogP contribution in [-0.4, -0.2) is 37.9 Å². The molecule has 0 unspecified atom stereocenters. The van der Waals surface area contributed by atoms with Crippen molar-refractivity contribution >= 4 is 11.4 Å². The molecular weight excluding hydrogens is 947 g/mol. The number of hydrogen-bond donors (Lipinski definition) is 0. The lowest BCUT2D eigenvalue weighted by molar-refractivity contribution is -0.290. The smallest absolute Gasteiger partial charge is 0.411 e. The molecule has 0 saturated carbocycles. The molecule has 0 atom stereocenters. The molecule has 6 rings (SSSR count). The van der Waals surface area contributed by atoms with Gasteiger partial charge in [0.25, 0.3) is 0 Å². The van der Waals surface area contributed by atoms with Crippen LogP contribution < -0.4 is 18.9 Å². The van der Waals surface area contributed by atoms with Gasteiger partial charge in [0.05, 0.1) is 38.0 Å². The zero-order valence-electron chi connectivity index (χ0n) is 36.2. The van der Waals surface area contributed by atoms with Gasteiger partial charge in [0.1, 0.15) is 34.5 Å². The lowest BCUT2D eigenvalue weighted by Crippen LogP contribution is -2.54. The van der Waals surface area contributed by atoms with Gasteiger partial charge in [0.15, 0.2) is 11.4 Å². The van der Waals surface area contributed by atoms with Crippen LogP contribution in [0.15, 0.2) is 133 Å². The van der Waals surface area contributed by atoms with Crippen LogP contribution in [0.2, 0.25) is 0 Å². The molecule has 362 valence electrons. The molecule has 0 N–H and O–H groups in total. The average molecular weight is 982 g/mol. The summed E-state index contributed by atoms with van der Waals surface area (Å²) < 4.78 is 199. The summed E-state index contributed by atoms with van der Waals surface area (Å²) in [6, 6.07) is 23.1. The van der Waals surface area contributed by atoms with Gasteiger partial charge < -0.3 is 18.9 Å². The van der Waals surface area contributed by atoms with E-state index in [1.807, 2.05) is 6.07 Å². The Morgan fingerprint density at radius 1 is 0.429 bits per heavy atom. The number of halogens is 12. The van der Waals surface area contributed by atoms with Gasteiger partial charge in [0.2, 0.25) is 10.8 Å². The Morgan fingerprint density at radius 3 is 1.10 bits per heavy atom.